The predicted octanol–water partition coefficient (Wildman–Crippen LogP) is 5.37. The lowest BCUT2D eigenvalue weighted by Crippen LogP contribution is -1.99. The van der Waals surface area contributed by atoms with Crippen LogP contribution in [-0.4, -0.2) is 0 Å². The molecule has 1 nitrogen and oxygen atoms in total. The minimum absolute atomic E-state index is 0.559. The van der Waals surface area contributed by atoms with Gasteiger partial charge in [0, 0.05) is 11.0 Å². The Morgan fingerprint density at radius 2 is 1.82 bits per heavy atom. The van der Waals surface area contributed by atoms with Crippen molar-refractivity contribution in [3.8, 4) is 0 Å². The molecule has 0 aromatic heterocycles. The molecule has 0 fully saturated rings. The van der Waals surface area contributed by atoms with Crippen molar-refractivity contribution in [2.24, 2.45) is 0 Å². The standard InChI is InChI=1S/C13H10BrCl2N/c14-10-4-1-3-9(7-10)8-17-12-6-2-5-11(15)13(12)16/h1-7,17H,8H2. The number of hydrogen-bond acceptors (Lipinski definition) is 1. The summed E-state index contributed by atoms with van der Waals surface area (Å²) in [6.07, 6.45) is 0. The summed E-state index contributed by atoms with van der Waals surface area (Å²) in [4.78, 5) is 0. The molecule has 0 amide bonds. The fourth-order valence-corrected chi connectivity index (χ4v) is 2.30. The maximum Gasteiger partial charge on any atom is 0.0823 e. The fraction of sp³-hybridized carbons (Fsp3) is 0.0769. The van der Waals surface area contributed by atoms with E-state index in [2.05, 4.69) is 33.4 Å². The van der Waals surface area contributed by atoms with Gasteiger partial charge in [0.1, 0.15) is 0 Å². The van der Waals surface area contributed by atoms with Crippen molar-refractivity contribution in [2.75, 3.05) is 5.32 Å². The quantitative estimate of drug-likeness (QED) is 0.797. The van der Waals surface area contributed by atoms with Crippen LogP contribution in [-0.2, 0) is 6.54 Å². The van der Waals surface area contributed by atoms with Crippen molar-refractivity contribution in [1.29, 1.82) is 0 Å². The molecule has 0 aliphatic heterocycles. The van der Waals surface area contributed by atoms with E-state index in [0.29, 0.717) is 16.6 Å². The van der Waals surface area contributed by atoms with E-state index in [-0.39, 0.29) is 0 Å². The number of anilines is 1. The van der Waals surface area contributed by atoms with E-state index in [0.717, 1.165) is 10.2 Å². The zero-order valence-electron chi connectivity index (χ0n) is 8.88. The Balaban J connectivity index is 2.10. The molecule has 88 valence electrons. The van der Waals surface area contributed by atoms with Crippen LogP contribution in [0.25, 0.3) is 0 Å². The highest BCUT2D eigenvalue weighted by atomic mass is 79.9. The van der Waals surface area contributed by atoms with Crippen molar-refractivity contribution in [3.05, 3.63) is 62.5 Å². The Kier molecular flexibility index (Phi) is 4.32. The lowest BCUT2D eigenvalue weighted by molar-refractivity contribution is 1.15. The molecule has 2 aromatic carbocycles. The van der Waals surface area contributed by atoms with Gasteiger partial charge in [-0.3, -0.25) is 0 Å². The summed E-state index contributed by atoms with van der Waals surface area (Å²) in [6.45, 7) is 0.708. The molecule has 0 atom stereocenters. The highest BCUT2D eigenvalue weighted by molar-refractivity contribution is 9.10. The third-order valence-electron chi connectivity index (χ3n) is 2.32. The maximum absolute atomic E-state index is 6.09. The number of rotatable bonds is 3. The average molecular weight is 331 g/mol. The zero-order valence-corrected chi connectivity index (χ0v) is 12.0. The van der Waals surface area contributed by atoms with E-state index >= 15 is 0 Å². The molecule has 17 heavy (non-hydrogen) atoms. The van der Waals surface area contributed by atoms with Crippen molar-refractivity contribution < 1.29 is 0 Å². The van der Waals surface area contributed by atoms with Crippen LogP contribution in [0.5, 0.6) is 0 Å². The number of hydrogen-bond donors (Lipinski definition) is 1. The molecule has 0 bridgehead atoms. The smallest absolute Gasteiger partial charge is 0.0823 e. The van der Waals surface area contributed by atoms with Crippen LogP contribution in [0.2, 0.25) is 10.0 Å². The van der Waals surface area contributed by atoms with Crippen LogP contribution in [0.4, 0.5) is 5.69 Å². The Labute approximate surface area is 119 Å². The second-order valence-electron chi connectivity index (χ2n) is 3.58. The van der Waals surface area contributed by atoms with Gasteiger partial charge in [-0.15, -0.1) is 0 Å². The minimum atomic E-state index is 0.559. The van der Waals surface area contributed by atoms with Crippen LogP contribution in [0.1, 0.15) is 5.56 Å². The zero-order chi connectivity index (χ0) is 12.3. The lowest BCUT2D eigenvalue weighted by atomic mass is 10.2. The van der Waals surface area contributed by atoms with E-state index in [1.165, 1.54) is 5.56 Å². The Morgan fingerprint density at radius 1 is 1.06 bits per heavy atom. The average Bonchev–Trinajstić information content (AvgIpc) is 2.31. The minimum Gasteiger partial charge on any atom is -0.380 e. The second-order valence-corrected chi connectivity index (χ2v) is 5.29. The first-order valence-electron chi connectivity index (χ1n) is 5.09. The lowest BCUT2D eigenvalue weighted by Gasteiger charge is -2.09. The van der Waals surface area contributed by atoms with Gasteiger partial charge >= 0.3 is 0 Å². The summed E-state index contributed by atoms with van der Waals surface area (Å²) in [7, 11) is 0. The second kappa shape index (κ2) is 5.76. The molecule has 0 spiro atoms. The first-order valence-corrected chi connectivity index (χ1v) is 6.64. The molecule has 2 rings (SSSR count). The van der Waals surface area contributed by atoms with E-state index in [1.807, 2.05) is 24.3 Å². The Bertz CT molecular complexity index is 529. The molecule has 2 aromatic rings. The van der Waals surface area contributed by atoms with Crippen LogP contribution in [0.15, 0.2) is 46.9 Å². The summed E-state index contributed by atoms with van der Waals surface area (Å²) in [6, 6.07) is 13.7. The first-order chi connectivity index (χ1) is 8.16. The predicted molar refractivity (Wildman–Crippen MR) is 77.9 cm³/mol. The molecule has 0 saturated heterocycles. The Hall–Kier alpha value is -0.700. The normalized spacial score (nSPS) is 10.3. The number of nitrogens with one attached hydrogen (secondary N) is 1. The summed E-state index contributed by atoms with van der Waals surface area (Å²) in [5.41, 5.74) is 2.02. The van der Waals surface area contributed by atoms with E-state index in [4.69, 9.17) is 23.2 Å². The third kappa shape index (κ3) is 3.38. The van der Waals surface area contributed by atoms with E-state index in [9.17, 15) is 0 Å². The van der Waals surface area contributed by atoms with Crippen molar-refractivity contribution in [1.82, 2.24) is 0 Å². The molecule has 4 heteroatoms. The molecule has 1 N–H and O–H groups in total. The molecular weight excluding hydrogens is 321 g/mol. The van der Waals surface area contributed by atoms with Crippen molar-refractivity contribution in [2.45, 2.75) is 6.54 Å². The first kappa shape index (κ1) is 12.7. The van der Waals surface area contributed by atoms with Crippen LogP contribution < -0.4 is 5.32 Å². The molecule has 0 aliphatic carbocycles. The van der Waals surface area contributed by atoms with Crippen LogP contribution >= 0.6 is 39.1 Å². The van der Waals surface area contributed by atoms with Crippen molar-refractivity contribution >= 4 is 44.8 Å². The third-order valence-corrected chi connectivity index (χ3v) is 3.64. The highest BCUT2D eigenvalue weighted by Crippen LogP contribution is 2.29. The SMILES string of the molecule is Clc1cccc(NCc2cccc(Br)c2)c1Cl. The van der Waals surface area contributed by atoms with Gasteiger partial charge in [-0.1, -0.05) is 57.3 Å². The van der Waals surface area contributed by atoms with Gasteiger partial charge in [0.2, 0.25) is 0 Å². The molecule has 0 radical (unpaired) electrons. The topological polar surface area (TPSA) is 12.0 Å². The molecular formula is C13H10BrCl2N. The summed E-state index contributed by atoms with van der Waals surface area (Å²) in [5.74, 6) is 0. The van der Waals surface area contributed by atoms with Gasteiger partial charge in [-0.25, -0.2) is 0 Å². The van der Waals surface area contributed by atoms with Gasteiger partial charge in [-0.05, 0) is 29.8 Å². The summed E-state index contributed by atoms with van der Waals surface area (Å²) in [5, 5.41) is 4.38. The monoisotopic (exact) mass is 329 g/mol. The van der Waals surface area contributed by atoms with Crippen molar-refractivity contribution in [3.63, 3.8) is 0 Å². The largest absolute Gasteiger partial charge is 0.380 e. The maximum atomic E-state index is 6.09. The van der Waals surface area contributed by atoms with E-state index < -0.39 is 0 Å². The number of benzene rings is 2. The van der Waals surface area contributed by atoms with E-state index in [1.54, 1.807) is 6.07 Å². The molecule has 0 heterocycles. The molecule has 0 aliphatic rings. The highest BCUT2D eigenvalue weighted by Gasteiger charge is 2.03. The Morgan fingerprint density at radius 3 is 2.59 bits per heavy atom. The van der Waals surface area contributed by atoms with Gasteiger partial charge in [0.05, 0.1) is 15.7 Å². The fourth-order valence-electron chi connectivity index (χ4n) is 1.48. The summed E-state index contributed by atoms with van der Waals surface area (Å²) < 4.78 is 1.06. The van der Waals surface area contributed by atoms with Crippen LogP contribution in [0, 0.1) is 0 Å². The van der Waals surface area contributed by atoms with Gasteiger partial charge < -0.3 is 5.32 Å². The number of halogens is 3. The molecule has 0 unspecified atom stereocenters. The van der Waals surface area contributed by atoms with Crippen LogP contribution in [0.3, 0.4) is 0 Å². The van der Waals surface area contributed by atoms with Gasteiger partial charge in [-0.2, -0.15) is 0 Å². The van der Waals surface area contributed by atoms with Gasteiger partial charge in [0.25, 0.3) is 0 Å². The molecule has 0 saturated carbocycles. The summed E-state index contributed by atoms with van der Waals surface area (Å²) >= 11 is 15.5. The van der Waals surface area contributed by atoms with Gasteiger partial charge in [0.15, 0.2) is 0 Å².